The monoisotopic (exact) mass is 1090 g/mol. The summed E-state index contributed by atoms with van der Waals surface area (Å²) in [7, 11) is 1.42. The van der Waals surface area contributed by atoms with E-state index in [1.807, 2.05) is 6.92 Å². The summed E-state index contributed by atoms with van der Waals surface area (Å²) in [5.74, 6) is -8.50. The lowest BCUT2D eigenvalue weighted by atomic mass is 9.95. The summed E-state index contributed by atoms with van der Waals surface area (Å²) in [6, 6.07) is -9.12. The smallest absolute Gasteiger partial charge is 0.245 e. The molecule has 0 bridgehead atoms. The molecule has 0 aromatic carbocycles. The summed E-state index contributed by atoms with van der Waals surface area (Å²) >= 11 is 0. The minimum atomic E-state index is -1.64. The first-order valence-electron chi connectivity index (χ1n) is 27.2. The van der Waals surface area contributed by atoms with Crippen LogP contribution >= 0.6 is 0 Å². The Balaban J connectivity index is 2.23. The van der Waals surface area contributed by atoms with Gasteiger partial charge in [0.2, 0.25) is 65.0 Å². The molecule has 2 heterocycles. The Bertz CT molecular complexity index is 2090. The van der Waals surface area contributed by atoms with Gasteiger partial charge in [-0.15, -0.1) is 0 Å². The Hall–Kier alpha value is -6.60. The number of carbonyl (C=O) groups excluding carboxylic acids is 11. The number of nitrogens with zero attached hydrogens (tertiary/aromatic N) is 4. The minimum Gasteiger partial charge on any atom is -0.391 e. The molecule has 0 saturated carbocycles. The van der Waals surface area contributed by atoms with Gasteiger partial charge in [0.25, 0.3) is 0 Å². The average molecular weight is 1090 g/mol. The molecule has 0 aliphatic carbocycles. The number of aliphatic hydroxyl groups is 1. The number of nitrogens with two attached hydrogens (primary N) is 2. The summed E-state index contributed by atoms with van der Waals surface area (Å²) in [5, 5.41) is 32.0. The topological polar surface area (TPSA) is 378 Å². The molecule has 11 amide bonds. The van der Waals surface area contributed by atoms with Crippen LogP contribution in [0.25, 0.3) is 0 Å². The van der Waals surface area contributed by atoms with E-state index < -0.39 is 132 Å². The molecule has 26 nitrogen and oxygen atoms in total. The van der Waals surface area contributed by atoms with Gasteiger partial charge in [-0.2, -0.15) is 0 Å². The van der Waals surface area contributed by atoms with Gasteiger partial charge in [-0.25, -0.2) is 0 Å². The van der Waals surface area contributed by atoms with E-state index >= 15 is 0 Å². The fraction of sp³-hybridized carbons (Fsp3) is 0.765. The number of likely N-dealkylation sites (N-methyl/N-ethyl adjacent to an activating group) is 2. The SMILES string of the molecule is CCC[C@H](NC(=O)[C@@H](NC(=O)[C@H](NC(=O)[C@@H](NC(=O)CNC(=O)CN(C)C(=O)[C@@H]1CCCN1C(C)=O)C(C)C)[C@@H](C)CC)[C@@H](C)O)C(=O)N[C@H](C(=O)N[C@@H](CCCN=C(N)N)C(=O)N1CCC[C@H]1C(=O)NCC)[C@@H](C)CC. The standard InChI is InChI=1S/C51H90N14O12/c1-12-19-33(43(70)60-40(29(7)13-2)46(73)58-34(20-16-23-55-51(52)53)49(76)65-25-17-21-35(65)44(71)54-15-4)57-48(75)42(31(9)66)62-47(74)41(30(8)14-3)61-45(72)39(28(5)6)59-37(68)26-56-38(69)27-63(11)50(77)36-22-18-24-64(36)32(10)67/h28-31,33-36,39-42,66H,12-27H2,1-11H3,(H,54,71)(H,56,69)(H,57,75)(H,58,73)(H,59,68)(H,60,70)(H,61,72)(H,62,74)(H4,52,53,55)/t29-,30-,31+,33-,34-,35-,36-,39-,40-,41+,42-/m0/s1. The molecule has 436 valence electrons. The zero-order chi connectivity index (χ0) is 58.3. The lowest BCUT2D eigenvalue weighted by molar-refractivity contribution is -0.143. The molecule has 0 aromatic rings. The van der Waals surface area contributed by atoms with Crippen LogP contribution in [0.15, 0.2) is 4.99 Å². The first-order chi connectivity index (χ1) is 36.2. The van der Waals surface area contributed by atoms with Gasteiger partial charge >= 0.3 is 0 Å². The van der Waals surface area contributed by atoms with E-state index in [4.69, 9.17) is 11.5 Å². The Kier molecular flexibility index (Phi) is 28.4. The van der Waals surface area contributed by atoms with E-state index in [1.54, 1.807) is 48.5 Å². The zero-order valence-electron chi connectivity index (χ0n) is 47.1. The zero-order valence-corrected chi connectivity index (χ0v) is 47.1. The minimum absolute atomic E-state index is 0.0741. The van der Waals surface area contributed by atoms with Crippen molar-refractivity contribution in [3.63, 3.8) is 0 Å². The van der Waals surface area contributed by atoms with E-state index in [9.17, 15) is 57.8 Å². The van der Waals surface area contributed by atoms with E-state index in [-0.39, 0.29) is 43.7 Å². The summed E-state index contributed by atoms with van der Waals surface area (Å²) in [6.45, 7) is 16.8. The second-order valence-corrected chi connectivity index (χ2v) is 20.5. The summed E-state index contributed by atoms with van der Waals surface area (Å²) in [6.07, 6.45) is 2.26. The van der Waals surface area contributed by atoms with Crippen LogP contribution in [0.2, 0.25) is 0 Å². The van der Waals surface area contributed by atoms with Crippen molar-refractivity contribution < 1.29 is 57.8 Å². The second-order valence-electron chi connectivity index (χ2n) is 20.5. The van der Waals surface area contributed by atoms with Gasteiger partial charge in [0, 0.05) is 40.2 Å². The van der Waals surface area contributed by atoms with Gasteiger partial charge in [-0.1, -0.05) is 67.7 Å². The van der Waals surface area contributed by atoms with Crippen molar-refractivity contribution in [1.82, 2.24) is 57.2 Å². The molecule has 0 spiro atoms. The quantitative estimate of drug-likeness (QED) is 0.0196. The number of rotatable bonds is 31. The lowest BCUT2D eigenvalue weighted by Crippen LogP contribution is -2.63. The van der Waals surface area contributed by atoms with Crippen molar-refractivity contribution in [2.24, 2.45) is 34.2 Å². The highest BCUT2D eigenvalue weighted by molar-refractivity contribution is 5.98. The number of hydrogen-bond acceptors (Lipinski definition) is 13. The molecule has 2 fully saturated rings. The predicted molar refractivity (Wildman–Crippen MR) is 286 cm³/mol. The van der Waals surface area contributed by atoms with Crippen LogP contribution in [0.3, 0.4) is 0 Å². The summed E-state index contributed by atoms with van der Waals surface area (Å²) < 4.78 is 0. The van der Waals surface area contributed by atoms with Crippen LogP contribution in [0.4, 0.5) is 0 Å². The first kappa shape index (κ1) is 66.5. The van der Waals surface area contributed by atoms with Crippen LogP contribution in [0.5, 0.6) is 0 Å². The molecule has 2 saturated heterocycles. The molecular formula is C51H90N14O12. The molecule has 0 aromatic heterocycles. The third-order valence-electron chi connectivity index (χ3n) is 14.0. The van der Waals surface area contributed by atoms with E-state index in [2.05, 4.69) is 47.5 Å². The largest absolute Gasteiger partial charge is 0.391 e. The number of amides is 11. The van der Waals surface area contributed by atoms with Crippen molar-refractivity contribution >= 4 is 70.9 Å². The predicted octanol–water partition coefficient (Wildman–Crippen LogP) is -2.41. The third kappa shape index (κ3) is 20.7. The van der Waals surface area contributed by atoms with Gasteiger partial charge in [0.05, 0.1) is 19.2 Å². The summed E-state index contributed by atoms with van der Waals surface area (Å²) in [5.41, 5.74) is 11.0. The lowest BCUT2D eigenvalue weighted by Gasteiger charge is -2.32. The fourth-order valence-electron chi connectivity index (χ4n) is 9.13. The maximum Gasteiger partial charge on any atom is 0.245 e. The molecule has 2 rings (SSSR count). The fourth-order valence-corrected chi connectivity index (χ4v) is 9.13. The molecule has 11 atom stereocenters. The first-order valence-corrected chi connectivity index (χ1v) is 27.2. The van der Waals surface area contributed by atoms with E-state index in [0.29, 0.717) is 71.0 Å². The molecule has 2 aliphatic heterocycles. The Labute approximate surface area is 453 Å². The van der Waals surface area contributed by atoms with Gasteiger partial charge in [-0.3, -0.25) is 57.7 Å². The maximum atomic E-state index is 14.2. The van der Waals surface area contributed by atoms with Crippen molar-refractivity contribution in [3.8, 4) is 0 Å². The Morgan fingerprint density at radius 3 is 1.69 bits per heavy atom. The van der Waals surface area contributed by atoms with Crippen LogP contribution < -0.4 is 54.0 Å². The van der Waals surface area contributed by atoms with Crippen LogP contribution in [0, 0.1) is 17.8 Å². The van der Waals surface area contributed by atoms with Crippen molar-refractivity contribution in [2.75, 3.05) is 46.3 Å². The van der Waals surface area contributed by atoms with E-state index in [0.717, 1.165) is 0 Å². The number of carbonyl (C=O) groups is 11. The van der Waals surface area contributed by atoms with Gasteiger partial charge < -0.3 is 73.8 Å². The average Bonchev–Trinajstić information content (AvgIpc) is 4.08. The van der Waals surface area contributed by atoms with Crippen molar-refractivity contribution in [1.29, 1.82) is 0 Å². The number of aliphatic imine (C=N–C) groups is 1. The number of nitrogens with one attached hydrogen (secondary N) is 8. The maximum absolute atomic E-state index is 14.2. The number of hydrogen-bond donors (Lipinski definition) is 11. The second kappa shape index (κ2) is 32.9. The number of guanidine groups is 1. The molecular weight excluding hydrogens is 1000 g/mol. The van der Waals surface area contributed by atoms with Crippen LogP contribution in [-0.2, 0) is 52.7 Å². The summed E-state index contributed by atoms with van der Waals surface area (Å²) in [4.78, 5) is 156. The molecule has 13 N–H and O–H groups in total. The molecule has 0 radical (unpaired) electrons. The highest BCUT2D eigenvalue weighted by Gasteiger charge is 2.41. The molecule has 0 unspecified atom stereocenters. The Morgan fingerprint density at radius 1 is 0.636 bits per heavy atom. The van der Waals surface area contributed by atoms with Crippen molar-refractivity contribution in [3.05, 3.63) is 0 Å². The third-order valence-corrected chi connectivity index (χ3v) is 14.0. The van der Waals surface area contributed by atoms with Gasteiger partial charge in [0.1, 0.15) is 48.3 Å². The van der Waals surface area contributed by atoms with Crippen molar-refractivity contribution in [2.45, 2.75) is 188 Å². The molecule has 2 aliphatic rings. The number of aliphatic hydroxyl groups excluding tert-OH is 1. The number of likely N-dealkylation sites (tertiary alicyclic amines) is 2. The highest BCUT2D eigenvalue weighted by atomic mass is 16.3. The highest BCUT2D eigenvalue weighted by Crippen LogP contribution is 2.22. The van der Waals surface area contributed by atoms with E-state index in [1.165, 1.54) is 35.6 Å². The van der Waals surface area contributed by atoms with Crippen LogP contribution in [-0.4, -0.2) is 191 Å². The van der Waals surface area contributed by atoms with Gasteiger partial charge in [0.15, 0.2) is 5.96 Å². The molecule has 26 heteroatoms. The van der Waals surface area contributed by atoms with Gasteiger partial charge in [-0.05, 0) is 76.5 Å². The normalized spacial score (nSPS) is 18.6. The van der Waals surface area contributed by atoms with Crippen LogP contribution in [0.1, 0.15) is 133 Å². The molecule has 77 heavy (non-hydrogen) atoms. The Morgan fingerprint density at radius 2 is 1.16 bits per heavy atom.